The lowest BCUT2D eigenvalue weighted by Crippen LogP contribution is -2.02. The molecule has 12 heavy (non-hydrogen) atoms. The van der Waals surface area contributed by atoms with E-state index >= 15 is 0 Å². The summed E-state index contributed by atoms with van der Waals surface area (Å²) in [5.41, 5.74) is 5.52. The van der Waals surface area contributed by atoms with Gasteiger partial charge in [0.1, 0.15) is 4.32 Å². The van der Waals surface area contributed by atoms with Gasteiger partial charge in [-0.2, -0.15) is 0 Å². The second-order valence-corrected chi connectivity index (χ2v) is 7.96. The lowest BCUT2D eigenvalue weighted by Gasteiger charge is -1.97. The molecule has 0 fully saturated rings. The lowest BCUT2D eigenvalue weighted by atomic mass is 10.4. The van der Waals surface area contributed by atoms with Gasteiger partial charge in [0.2, 0.25) is 0 Å². The van der Waals surface area contributed by atoms with Crippen LogP contribution in [0.5, 0.6) is 0 Å². The second-order valence-electron chi connectivity index (χ2n) is 2.22. The summed E-state index contributed by atoms with van der Waals surface area (Å²) < 4.78 is 0.993. The van der Waals surface area contributed by atoms with Gasteiger partial charge in [-0.3, -0.25) is 0 Å². The third-order valence-electron chi connectivity index (χ3n) is 1.22. The zero-order valence-corrected chi connectivity index (χ0v) is 9.95. The molecule has 1 atom stereocenters. The first-order valence-electron chi connectivity index (χ1n) is 3.67. The quantitative estimate of drug-likeness (QED) is 0.470. The molecule has 2 N–H and O–H groups in total. The van der Waals surface area contributed by atoms with E-state index in [0.29, 0.717) is 5.17 Å². The minimum atomic E-state index is -0.304. The van der Waals surface area contributed by atoms with E-state index in [-0.39, 0.29) is 8.73 Å². The minimum Gasteiger partial charge on any atom is -0.377 e. The van der Waals surface area contributed by atoms with E-state index in [4.69, 9.17) is 16.4 Å². The topological polar surface area (TPSA) is 38.4 Å². The van der Waals surface area contributed by atoms with Crippen LogP contribution in [0.4, 0.5) is 0 Å². The fourth-order valence-electron chi connectivity index (χ4n) is 0.638. The molecule has 6 heteroatoms. The standard InChI is InChI=1S/C6H11ClN2S3/c1-2-3-4-10-6-9-5(8)11-12(6)7/h2-4H2,1H3,(H2,8,9). The van der Waals surface area contributed by atoms with Crippen LogP contribution in [0.3, 0.4) is 0 Å². The lowest BCUT2D eigenvalue weighted by molar-refractivity contribution is 0.898. The molecular formula is C6H11ClN2S3. The van der Waals surface area contributed by atoms with Crippen LogP contribution in [-0.4, -0.2) is 15.2 Å². The Morgan fingerprint density at radius 3 is 3.00 bits per heavy atom. The van der Waals surface area contributed by atoms with Crippen molar-refractivity contribution in [3.05, 3.63) is 0 Å². The molecule has 1 aliphatic rings. The average molecular weight is 243 g/mol. The maximum absolute atomic E-state index is 5.99. The number of aliphatic imine (C=N–C) groups is 1. The van der Waals surface area contributed by atoms with Crippen LogP contribution in [0, 0.1) is 0 Å². The predicted octanol–water partition coefficient (Wildman–Crippen LogP) is 3.01. The van der Waals surface area contributed by atoms with Gasteiger partial charge in [-0.05, 0) is 27.9 Å². The van der Waals surface area contributed by atoms with Gasteiger partial charge < -0.3 is 5.73 Å². The molecule has 0 spiro atoms. The van der Waals surface area contributed by atoms with Crippen molar-refractivity contribution in [2.75, 3.05) is 5.75 Å². The van der Waals surface area contributed by atoms with Crippen LogP contribution < -0.4 is 5.73 Å². The van der Waals surface area contributed by atoms with Crippen molar-refractivity contribution in [1.82, 2.24) is 0 Å². The fraction of sp³-hybridized carbons (Fsp3) is 0.667. The van der Waals surface area contributed by atoms with Crippen molar-refractivity contribution in [3.8, 4) is 0 Å². The second kappa shape index (κ2) is 5.42. The van der Waals surface area contributed by atoms with Gasteiger partial charge in [-0.15, -0.1) is 0 Å². The number of halogens is 1. The van der Waals surface area contributed by atoms with Crippen LogP contribution >= 0.6 is 42.0 Å². The molecule has 0 amide bonds. The molecule has 70 valence electrons. The third kappa shape index (κ3) is 3.20. The fourth-order valence-corrected chi connectivity index (χ4v) is 5.38. The molecule has 1 rings (SSSR count). The zero-order chi connectivity index (χ0) is 8.97. The number of amidine groups is 1. The van der Waals surface area contributed by atoms with Crippen molar-refractivity contribution in [3.63, 3.8) is 0 Å². The van der Waals surface area contributed by atoms with Crippen molar-refractivity contribution in [2.45, 2.75) is 19.8 Å². The van der Waals surface area contributed by atoms with Gasteiger partial charge >= 0.3 is 0 Å². The molecule has 0 saturated heterocycles. The Hall–Kier alpha value is 0.680. The number of hydrogen-bond acceptors (Lipinski definition) is 4. The highest BCUT2D eigenvalue weighted by molar-refractivity contribution is 8.98. The molecule has 1 unspecified atom stereocenters. The maximum Gasteiger partial charge on any atom is 0.171 e. The number of nitrogens with two attached hydrogens (primary N) is 1. The van der Waals surface area contributed by atoms with Crippen molar-refractivity contribution in [1.29, 1.82) is 0 Å². The number of rotatable bonds is 3. The Bertz CT molecular complexity index is 227. The molecule has 1 heterocycles. The van der Waals surface area contributed by atoms with E-state index in [1.165, 1.54) is 23.6 Å². The van der Waals surface area contributed by atoms with Gasteiger partial charge in [0, 0.05) is 14.5 Å². The van der Waals surface area contributed by atoms with Crippen LogP contribution in [0.25, 0.3) is 0 Å². The molecular weight excluding hydrogens is 232 g/mol. The van der Waals surface area contributed by atoms with Crippen LogP contribution in [0.2, 0.25) is 0 Å². The first-order valence-corrected chi connectivity index (χ1v) is 8.03. The van der Waals surface area contributed by atoms with Gasteiger partial charge in [0.05, 0.1) is 0 Å². The summed E-state index contributed by atoms with van der Waals surface area (Å²) in [5.74, 6) is 1.10. The van der Waals surface area contributed by atoms with Crippen LogP contribution in [-0.2, 0) is 0 Å². The maximum atomic E-state index is 5.99. The monoisotopic (exact) mass is 242 g/mol. The third-order valence-corrected chi connectivity index (χ3v) is 6.70. The molecule has 2 nitrogen and oxygen atoms in total. The first kappa shape index (κ1) is 10.8. The summed E-state index contributed by atoms with van der Waals surface area (Å²) in [6.07, 6.45) is 2.42. The molecule has 0 saturated carbocycles. The van der Waals surface area contributed by atoms with Crippen molar-refractivity contribution in [2.24, 2.45) is 10.7 Å². The Kier molecular flexibility index (Phi) is 4.86. The van der Waals surface area contributed by atoms with Gasteiger partial charge in [0.25, 0.3) is 0 Å². The highest BCUT2D eigenvalue weighted by atomic mass is 35.7. The van der Waals surface area contributed by atoms with E-state index in [9.17, 15) is 0 Å². The minimum absolute atomic E-state index is 0.304. The predicted molar refractivity (Wildman–Crippen MR) is 65.0 cm³/mol. The summed E-state index contributed by atoms with van der Waals surface area (Å²) in [6.45, 7) is 2.17. The summed E-state index contributed by atoms with van der Waals surface area (Å²) >= 11 is 1.73. The van der Waals surface area contributed by atoms with Crippen LogP contribution in [0.15, 0.2) is 4.99 Å². The first-order chi connectivity index (χ1) is 5.74. The summed E-state index contributed by atoms with van der Waals surface area (Å²) in [5, 5.41) is 0.604. The van der Waals surface area contributed by atoms with E-state index in [1.807, 2.05) is 0 Å². The number of hydrogen-bond donors (Lipinski definition) is 1. The molecule has 0 aromatic carbocycles. The van der Waals surface area contributed by atoms with E-state index < -0.39 is 0 Å². The van der Waals surface area contributed by atoms with Crippen molar-refractivity contribution < 1.29 is 0 Å². The van der Waals surface area contributed by atoms with Gasteiger partial charge in [-0.25, -0.2) is 4.99 Å². The molecule has 1 aliphatic heterocycles. The molecule has 0 aromatic rings. The smallest absolute Gasteiger partial charge is 0.171 e. The summed E-state index contributed by atoms with van der Waals surface area (Å²) in [7, 11) is 7.14. The van der Waals surface area contributed by atoms with Gasteiger partial charge in [-0.1, -0.05) is 25.1 Å². The van der Waals surface area contributed by atoms with E-state index in [2.05, 4.69) is 11.9 Å². The van der Waals surface area contributed by atoms with E-state index in [0.717, 1.165) is 10.1 Å². The molecule has 0 radical (unpaired) electrons. The van der Waals surface area contributed by atoms with Crippen molar-refractivity contribution >= 4 is 51.5 Å². The zero-order valence-electron chi connectivity index (χ0n) is 6.75. The van der Waals surface area contributed by atoms with Gasteiger partial charge in [0.15, 0.2) is 5.17 Å². The molecule has 0 aromatic heterocycles. The Morgan fingerprint density at radius 2 is 2.50 bits per heavy atom. The normalized spacial score (nSPS) is 23.0. The SMILES string of the molecule is CCCCSC1=S(Cl)SC(N)=N1. The van der Waals surface area contributed by atoms with E-state index in [1.54, 1.807) is 11.8 Å². The Balaban J connectivity index is 2.36. The molecule has 0 aliphatic carbocycles. The molecule has 0 bridgehead atoms. The highest BCUT2D eigenvalue weighted by Gasteiger charge is 2.13. The highest BCUT2D eigenvalue weighted by Crippen LogP contribution is 2.44. The Labute approximate surface area is 87.5 Å². The van der Waals surface area contributed by atoms with Crippen LogP contribution in [0.1, 0.15) is 19.8 Å². The Morgan fingerprint density at radius 1 is 1.75 bits per heavy atom. The largest absolute Gasteiger partial charge is 0.377 e. The average Bonchev–Trinajstić information content (AvgIpc) is 2.31. The summed E-state index contributed by atoms with van der Waals surface area (Å²) in [6, 6.07) is 0. The number of nitrogens with zero attached hydrogens (tertiary/aromatic N) is 1. The summed E-state index contributed by atoms with van der Waals surface area (Å²) in [4.78, 5) is 4.16. The number of thioether (sulfide) groups is 1. The number of unbranched alkanes of at least 4 members (excludes halogenated alkanes) is 1.